The number of nitrogens with zero attached hydrogens (tertiary/aromatic N) is 2. The van der Waals surface area contributed by atoms with Gasteiger partial charge in [-0.25, -0.2) is 0 Å². The molecule has 2 N–H and O–H groups in total. The molecule has 2 amide bonds. The molecule has 0 bridgehead atoms. The number of nitrogens with one attached hydrogen (secondary N) is 1. The molecule has 2 fully saturated rings. The summed E-state index contributed by atoms with van der Waals surface area (Å²) < 4.78 is 0. The third kappa shape index (κ3) is 3.87. The highest BCUT2D eigenvalue weighted by atomic mass is 16.3. The average molecular weight is 381 g/mol. The van der Waals surface area contributed by atoms with Gasteiger partial charge in [0.15, 0.2) is 0 Å². The van der Waals surface area contributed by atoms with E-state index in [1.165, 1.54) is 0 Å². The monoisotopic (exact) mass is 381 g/mol. The summed E-state index contributed by atoms with van der Waals surface area (Å²) in [6.45, 7) is 2.85. The summed E-state index contributed by atoms with van der Waals surface area (Å²) in [5.74, 6) is 0.265. The van der Waals surface area contributed by atoms with Gasteiger partial charge in [-0.3, -0.25) is 14.6 Å². The summed E-state index contributed by atoms with van der Waals surface area (Å²) in [4.78, 5) is 30.8. The Morgan fingerprint density at radius 2 is 1.93 bits per heavy atom. The molecule has 2 heterocycles. The van der Waals surface area contributed by atoms with Crippen molar-refractivity contribution in [2.45, 2.75) is 44.8 Å². The van der Waals surface area contributed by atoms with E-state index in [2.05, 4.69) is 16.4 Å². The molecular weight excluding hydrogens is 354 g/mol. The minimum absolute atomic E-state index is 0.0442. The van der Waals surface area contributed by atoms with E-state index in [0.29, 0.717) is 38.8 Å². The van der Waals surface area contributed by atoms with Gasteiger partial charge in [0, 0.05) is 37.5 Å². The average Bonchev–Trinajstić information content (AvgIpc) is 2.69. The molecule has 6 heteroatoms. The number of pyridine rings is 1. The molecule has 0 spiro atoms. The fraction of sp³-hybridized carbons (Fsp3) is 0.500. The second-order valence-corrected chi connectivity index (χ2v) is 8.11. The zero-order chi connectivity index (χ0) is 19.7. The van der Waals surface area contributed by atoms with E-state index in [-0.39, 0.29) is 35.8 Å². The Labute approximate surface area is 164 Å². The predicted molar refractivity (Wildman–Crippen MR) is 106 cm³/mol. The molecule has 1 atom stereocenters. The maximum Gasteiger partial charge on any atom is 0.223 e. The van der Waals surface area contributed by atoms with Gasteiger partial charge < -0.3 is 15.3 Å². The molecular formula is C22H27N3O3. The maximum absolute atomic E-state index is 13.0. The van der Waals surface area contributed by atoms with Crippen molar-refractivity contribution >= 4 is 22.7 Å². The lowest BCUT2D eigenvalue weighted by molar-refractivity contribution is -0.134. The van der Waals surface area contributed by atoms with Gasteiger partial charge >= 0.3 is 0 Å². The summed E-state index contributed by atoms with van der Waals surface area (Å²) in [6, 6.07) is 9.90. The van der Waals surface area contributed by atoms with Crippen LogP contribution >= 0.6 is 0 Å². The van der Waals surface area contributed by atoms with Crippen LogP contribution in [0.15, 0.2) is 36.5 Å². The lowest BCUT2D eigenvalue weighted by Gasteiger charge is -2.39. The number of piperidine rings is 1. The minimum atomic E-state index is -0.281. The number of hydrogen-bond donors (Lipinski definition) is 2. The molecule has 1 aromatic carbocycles. The first-order valence-corrected chi connectivity index (χ1v) is 10.1. The molecule has 2 aliphatic rings. The quantitative estimate of drug-likeness (QED) is 0.852. The van der Waals surface area contributed by atoms with Crippen LogP contribution in [0, 0.1) is 11.8 Å². The van der Waals surface area contributed by atoms with Crippen LogP contribution in [0.4, 0.5) is 0 Å². The fourth-order valence-electron chi connectivity index (χ4n) is 4.36. The van der Waals surface area contributed by atoms with Gasteiger partial charge in [-0.2, -0.15) is 0 Å². The van der Waals surface area contributed by atoms with Gasteiger partial charge in [-0.15, -0.1) is 0 Å². The Kier molecular flexibility index (Phi) is 5.31. The largest absolute Gasteiger partial charge is 0.393 e. The topological polar surface area (TPSA) is 82.5 Å². The van der Waals surface area contributed by atoms with E-state index in [1.807, 2.05) is 30.5 Å². The number of amides is 2. The Morgan fingerprint density at radius 3 is 2.61 bits per heavy atom. The first kappa shape index (κ1) is 18.9. The first-order valence-electron chi connectivity index (χ1n) is 10.1. The number of aliphatic hydroxyl groups excluding tert-OH is 1. The van der Waals surface area contributed by atoms with Crippen LogP contribution in [0.2, 0.25) is 0 Å². The Bertz CT molecular complexity index is 870. The minimum Gasteiger partial charge on any atom is -0.393 e. The number of carbonyl (C=O) groups excluding carboxylic acids is 2. The lowest BCUT2D eigenvalue weighted by atomic mass is 9.75. The van der Waals surface area contributed by atoms with Crippen LogP contribution in [-0.4, -0.2) is 46.0 Å². The van der Waals surface area contributed by atoms with Crippen molar-refractivity contribution < 1.29 is 14.7 Å². The van der Waals surface area contributed by atoms with Gasteiger partial charge in [0.1, 0.15) is 0 Å². The van der Waals surface area contributed by atoms with E-state index in [1.54, 1.807) is 11.8 Å². The molecule has 1 saturated carbocycles. The summed E-state index contributed by atoms with van der Waals surface area (Å²) >= 11 is 0. The molecule has 4 rings (SSSR count). The Morgan fingerprint density at radius 1 is 1.21 bits per heavy atom. The highest BCUT2D eigenvalue weighted by Crippen LogP contribution is 2.39. The van der Waals surface area contributed by atoms with Gasteiger partial charge in [0.2, 0.25) is 11.8 Å². The number of fused-ring (bicyclic) bond motifs is 1. The number of aromatic nitrogens is 1. The molecule has 2 aromatic rings. The molecule has 148 valence electrons. The van der Waals surface area contributed by atoms with Crippen LogP contribution in [0.3, 0.4) is 0 Å². The van der Waals surface area contributed by atoms with Crippen LogP contribution in [0.1, 0.15) is 44.2 Å². The number of carbonyl (C=O) groups is 2. The van der Waals surface area contributed by atoms with Crippen molar-refractivity contribution in [2.75, 3.05) is 13.1 Å². The number of rotatable bonds is 4. The maximum atomic E-state index is 13.0. The van der Waals surface area contributed by atoms with Crippen molar-refractivity contribution in [3.05, 3.63) is 42.1 Å². The molecule has 1 aliphatic heterocycles. The lowest BCUT2D eigenvalue weighted by Crippen LogP contribution is -2.46. The summed E-state index contributed by atoms with van der Waals surface area (Å²) in [6.07, 6.45) is 4.34. The SMILES string of the molecule is CC(=O)N1CCC(C(=O)N[C@@H](c2cnc3ccccc3c2)C2CC(O)C2)CC1. The smallest absolute Gasteiger partial charge is 0.223 e. The third-order valence-corrected chi connectivity index (χ3v) is 6.20. The molecule has 0 unspecified atom stereocenters. The molecule has 6 nitrogen and oxygen atoms in total. The van der Waals surface area contributed by atoms with E-state index >= 15 is 0 Å². The van der Waals surface area contributed by atoms with E-state index in [4.69, 9.17) is 0 Å². The number of likely N-dealkylation sites (tertiary alicyclic amines) is 1. The summed E-state index contributed by atoms with van der Waals surface area (Å²) in [5, 5.41) is 14.1. The normalized spacial score (nSPS) is 23.9. The Hall–Kier alpha value is -2.47. The number of benzene rings is 1. The molecule has 1 aromatic heterocycles. The van der Waals surface area contributed by atoms with Crippen LogP contribution in [-0.2, 0) is 9.59 Å². The van der Waals surface area contributed by atoms with Crippen molar-refractivity contribution in [2.24, 2.45) is 11.8 Å². The fourth-order valence-corrected chi connectivity index (χ4v) is 4.36. The molecule has 28 heavy (non-hydrogen) atoms. The van der Waals surface area contributed by atoms with E-state index in [0.717, 1.165) is 16.5 Å². The highest BCUT2D eigenvalue weighted by Gasteiger charge is 2.37. The van der Waals surface area contributed by atoms with Crippen molar-refractivity contribution in [3.63, 3.8) is 0 Å². The zero-order valence-electron chi connectivity index (χ0n) is 16.2. The van der Waals surface area contributed by atoms with Crippen LogP contribution < -0.4 is 5.32 Å². The summed E-state index contributed by atoms with van der Waals surface area (Å²) in [7, 11) is 0. The molecule has 1 saturated heterocycles. The first-order chi connectivity index (χ1) is 13.5. The third-order valence-electron chi connectivity index (χ3n) is 6.20. The standard InChI is InChI=1S/C22H27N3O3/c1-14(26)25-8-6-15(7-9-25)22(28)24-21(17-11-19(27)12-17)18-10-16-4-2-3-5-20(16)23-13-18/h2-5,10,13,15,17,19,21,27H,6-9,11-12H2,1H3,(H,24,28)/t17?,19?,21-/m1/s1. The van der Waals surface area contributed by atoms with Gasteiger partial charge in [0.25, 0.3) is 0 Å². The van der Waals surface area contributed by atoms with E-state index in [9.17, 15) is 14.7 Å². The molecule has 1 aliphatic carbocycles. The second kappa shape index (κ2) is 7.87. The predicted octanol–water partition coefficient (Wildman–Crippen LogP) is 2.42. The van der Waals surface area contributed by atoms with Gasteiger partial charge in [-0.1, -0.05) is 18.2 Å². The van der Waals surface area contributed by atoms with Gasteiger partial charge in [0.05, 0.1) is 17.7 Å². The zero-order valence-corrected chi connectivity index (χ0v) is 16.2. The summed E-state index contributed by atoms with van der Waals surface area (Å²) in [5.41, 5.74) is 1.92. The number of aliphatic hydroxyl groups is 1. The van der Waals surface area contributed by atoms with Crippen LogP contribution in [0.25, 0.3) is 10.9 Å². The molecule has 0 radical (unpaired) electrons. The van der Waals surface area contributed by atoms with Crippen molar-refractivity contribution in [3.8, 4) is 0 Å². The van der Waals surface area contributed by atoms with Crippen LogP contribution in [0.5, 0.6) is 0 Å². The van der Waals surface area contributed by atoms with Crippen molar-refractivity contribution in [1.29, 1.82) is 0 Å². The second-order valence-electron chi connectivity index (χ2n) is 8.11. The highest BCUT2D eigenvalue weighted by molar-refractivity contribution is 5.81. The van der Waals surface area contributed by atoms with Crippen molar-refractivity contribution in [1.82, 2.24) is 15.2 Å². The number of para-hydroxylation sites is 1. The number of hydrogen-bond acceptors (Lipinski definition) is 4. The van der Waals surface area contributed by atoms with Gasteiger partial charge in [-0.05, 0) is 49.3 Å². The Balaban J connectivity index is 1.50. The van der Waals surface area contributed by atoms with E-state index < -0.39 is 0 Å².